The smallest absolute Gasteiger partial charge is 0.130 e. The average Bonchev–Trinajstić information content (AvgIpc) is 2.39. The third-order valence-corrected chi connectivity index (χ3v) is 4.10. The number of halogens is 2. The Hall–Kier alpha value is -1.00. The molecule has 1 aromatic rings. The summed E-state index contributed by atoms with van der Waals surface area (Å²) in [6.07, 6.45) is 2.27. The zero-order valence-electron chi connectivity index (χ0n) is 11.6. The van der Waals surface area contributed by atoms with Crippen LogP contribution in [0.2, 0.25) is 0 Å². The Balaban J connectivity index is 1.99. The minimum absolute atomic E-state index is 0.0103. The first kappa shape index (κ1) is 14.4. The summed E-state index contributed by atoms with van der Waals surface area (Å²) < 4.78 is 26.7. The van der Waals surface area contributed by atoms with E-state index < -0.39 is 11.6 Å². The topological polar surface area (TPSA) is 15.3 Å². The highest BCUT2D eigenvalue weighted by atomic mass is 19.1. The Morgan fingerprint density at radius 3 is 2.58 bits per heavy atom. The summed E-state index contributed by atoms with van der Waals surface area (Å²) in [5.74, 6) is -0.238. The van der Waals surface area contributed by atoms with Gasteiger partial charge in [-0.2, -0.15) is 0 Å². The first-order valence-corrected chi connectivity index (χ1v) is 6.95. The molecule has 0 aromatic heterocycles. The van der Waals surface area contributed by atoms with Crippen molar-refractivity contribution in [1.82, 2.24) is 10.2 Å². The lowest BCUT2D eigenvalue weighted by atomic mass is 9.94. The first-order chi connectivity index (χ1) is 9.11. The molecule has 1 unspecified atom stereocenters. The summed E-state index contributed by atoms with van der Waals surface area (Å²) in [7, 11) is 1.98. The number of hydrogen-bond donors (Lipinski definition) is 1. The van der Waals surface area contributed by atoms with Crippen LogP contribution in [0.25, 0.3) is 0 Å². The van der Waals surface area contributed by atoms with E-state index in [1.54, 1.807) is 6.07 Å². The number of piperidine rings is 1. The Morgan fingerprint density at radius 2 is 2.00 bits per heavy atom. The van der Waals surface area contributed by atoms with Crippen molar-refractivity contribution in [2.75, 3.05) is 26.7 Å². The Bertz CT molecular complexity index is 415. The first-order valence-electron chi connectivity index (χ1n) is 6.95. The van der Waals surface area contributed by atoms with Crippen LogP contribution in [0.4, 0.5) is 8.78 Å². The molecule has 1 aliphatic rings. The quantitative estimate of drug-likeness (QED) is 0.903. The van der Waals surface area contributed by atoms with E-state index in [1.807, 2.05) is 14.0 Å². The van der Waals surface area contributed by atoms with Gasteiger partial charge in [-0.3, -0.25) is 4.90 Å². The standard InChI is InChI=1S/C15H22F2N2/c1-11(14-4-3-13(16)9-15(14)17)19-7-5-12(6-8-19)10-18-2/h3-4,9,11-12,18H,5-8,10H2,1-2H3. The maximum absolute atomic E-state index is 13.8. The molecule has 1 N–H and O–H groups in total. The maximum atomic E-state index is 13.8. The van der Waals surface area contributed by atoms with Crippen molar-refractivity contribution in [2.24, 2.45) is 5.92 Å². The van der Waals surface area contributed by atoms with E-state index in [9.17, 15) is 8.78 Å². The summed E-state index contributed by atoms with van der Waals surface area (Å²) >= 11 is 0. The molecule has 2 rings (SSSR count). The van der Waals surface area contributed by atoms with Gasteiger partial charge in [0.15, 0.2) is 0 Å². The number of benzene rings is 1. The van der Waals surface area contributed by atoms with Gasteiger partial charge in [-0.05, 0) is 58.4 Å². The van der Waals surface area contributed by atoms with Crippen LogP contribution in [0.5, 0.6) is 0 Å². The lowest BCUT2D eigenvalue weighted by Crippen LogP contribution is -2.38. The molecule has 2 nitrogen and oxygen atoms in total. The molecule has 1 fully saturated rings. The van der Waals surface area contributed by atoms with Crippen LogP contribution in [-0.2, 0) is 0 Å². The zero-order chi connectivity index (χ0) is 13.8. The maximum Gasteiger partial charge on any atom is 0.130 e. The number of nitrogens with one attached hydrogen (secondary N) is 1. The summed E-state index contributed by atoms with van der Waals surface area (Å²) in [5, 5.41) is 3.21. The van der Waals surface area contributed by atoms with Crippen LogP contribution in [0.15, 0.2) is 18.2 Å². The van der Waals surface area contributed by atoms with Gasteiger partial charge in [0.2, 0.25) is 0 Å². The third-order valence-electron chi connectivity index (χ3n) is 4.10. The lowest BCUT2D eigenvalue weighted by Gasteiger charge is -2.36. The monoisotopic (exact) mass is 268 g/mol. The lowest BCUT2D eigenvalue weighted by molar-refractivity contribution is 0.139. The zero-order valence-corrected chi connectivity index (χ0v) is 11.6. The summed E-state index contributed by atoms with van der Waals surface area (Å²) in [5.41, 5.74) is 0.591. The van der Waals surface area contributed by atoms with Crippen LogP contribution < -0.4 is 5.32 Å². The fraction of sp³-hybridized carbons (Fsp3) is 0.600. The van der Waals surface area contributed by atoms with E-state index in [4.69, 9.17) is 0 Å². The minimum Gasteiger partial charge on any atom is -0.319 e. The fourth-order valence-electron chi connectivity index (χ4n) is 2.87. The highest BCUT2D eigenvalue weighted by Crippen LogP contribution is 2.28. The molecule has 0 saturated carbocycles. The van der Waals surface area contributed by atoms with Crippen LogP contribution in [-0.4, -0.2) is 31.6 Å². The van der Waals surface area contributed by atoms with Gasteiger partial charge in [0.05, 0.1) is 0 Å². The Labute approximate surface area is 113 Å². The second-order valence-corrected chi connectivity index (χ2v) is 5.38. The van der Waals surface area contributed by atoms with Crippen molar-refractivity contribution >= 4 is 0 Å². The van der Waals surface area contributed by atoms with Crippen molar-refractivity contribution in [3.8, 4) is 0 Å². The molecule has 106 valence electrons. The molecule has 0 radical (unpaired) electrons. The van der Waals surface area contributed by atoms with E-state index >= 15 is 0 Å². The van der Waals surface area contributed by atoms with Gasteiger partial charge in [0, 0.05) is 17.7 Å². The molecule has 1 aromatic carbocycles. The van der Waals surface area contributed by atoms with Gasteiger partial charge in [-0.1, -0.05) is 6.07 Å². The van der Waals surface area contributed by atoms with E-state index in [0.717, 1.165) is 38.5 Å². The van der Waals surface area contributed by atoms with E-state index in [2.05, 4.69) is 10.2 Å². The second-order valence-electron chi connectivity index (χ2n) is 5.38. The number of hydrogen-bond acceptors (Lipinski definition) is 2. The Kier molecular flexibility index (Phi) is 4.88. The molecule has 0 spiro atoms. The van der Waals surface area contributed by atoms with E-state index in [-0.39, 0.29) is 6.04 Å². The molecular weight excluding hydrogens is 246 g/mol. The normalized spacial score (nSPS) is 19.6. The number of nitrogens with zero attached hydrogens (tertiary/aromatic N) is 1. The highest BCUT2D eigenvalue weighted by Gasteiger charge is 2.24. The van der Waals surface area contributed by atoms with Gasteiger partial charge in [0.1, 0.15) is 11.6 Å². The van der Waals surface area contributed by atoms with E-state index in [0.29, 0.717) is 11.5 Å². The minimum atomic E-state index is -0.513. The summed E-state index contributed by atoms with van der Waals surface area (Å²) in [6, 6.07) is 3.88. The molecule has 1 atom stereocenters. The molecule has 0 aliphatic carbocycles. The van der Waals surface area contributed by atoms with Gasteiger partial charge < -0.3 is 5.32 Å². The van der Waals surface area contributed by atoms with Crippen LogP contribution in [0.3, 0.4) is 0 Å². The van der Waals surface area contributed by atoms with Crippen molar-refractivity contribution in [3.05, 3.63) is 35.4 Å². The largest absolute Gasteiger partial charge is 0.319 e. The molecule has 0 amide bonds. The van der Waals surface area contributed by atoms with Crippen molar-refractivity contribution in [3.63, 3.8) is 0 Å². The van der Waals surface area contributed by atoms with Gasteiger partial charge in [-0.15, -0.1) is 0 Å². The Morgan fingerprint density at radius 1 is 1.32 bits per heavy atom. The fourth-order valence-corrected chi connectivity index (χ4v) is 2.87. The van der Waals surface area contributed by atoms with Gasteiger partial charge >= 0.3 is 0 Å². The number of rotatable bonds is 4. The molecule has 1 saturated heterocycles. The van der Waals surface area contributed by atoms with Crippen LogP contribution in [0, 0.1) is 17.6 Å². The van der Waals surface area contributed by atoms with Crippen LogP contribution in [0.1, 0.15) is 31.4 Å². The van der Waals surface area contributed by atoms with Crippen molar-refractivity contribution < 1.29 is 8.78 Å². The van der Waals surface area contributed by atoms with Crippen molar-refractivity contribution in [2.45, 2.75) is 25.8 Å². The predicted molar refractivity (Wildman–Crippen MR) is 73.0 cm³/mol. The molecular formula is C15H22F2N2. The molecule has 4 heteroatoms. The molecule has 1 heterocycles. The van der Waals surface area contributed by atoms with Crippen LogP contribution >= 0.6 is 0 Å². The third kappa shape index (κ3) is 3.51. The SMILES string of the molecule is CNCC1CCN(C(C)c2ccc(F)cc2F)CC1. The molecule has 1 aliphatic heterocycles. The predicted octanol–water partition coefficient (Wildman–Crippen LogP) is 2.96. The van der Waals surface area contributed by atoms with Gasteiger partial charge in [-0.25, -0.2) is 8.78 Å². The summed E-state index contributed by atoms with van der Waals surface area (Å²) in [4.78, 5) is 2.28. The molecule has 0 bridgehead atoms. The summed E-state index contributed by atoms with van der Waals surface area (Å²) in [6.45, 7) is 5.00. The van der Waals surface area contributed by atoms with E-state index in [1.165, 1.54) is 6.07 Å². The molecule has 19 heavy (non-hydrogen) atoms. The highest BCUT2D eigenvalue weighted by molar-refractivity contribution is 5.21. The van der Waals surface area contributed by atoms with Crippen molar-refractivity contribution in [1.29, 1.82) is 0 Å². The van der Waals surface area contributed by atoms with Gasteiger partial charge in [0.25, 0.3) is 0 Å². The number of likely N-dealkylation sites (tertiary alicyclic amines) is 1. The average molecular weight is 268 g/mol. The second kappa shape index (κ2) is 6.44.